The van der Waals surface area contributed by atoms with Crippen LogP contribution in [0.3, 0.4) is 0 Å². The fourth-order valence-corrected chi connectivity index (χ4v) is 1.86. The van der Waals surface area contributed by atoms with Gasteiger partial charge in [0.1, 0.15) is 11.6 Å². The summed E-state index contributed by atoms with van der Waals surface area (Å²) in [5.74, 6) is 1.21. The van der Waals surface area contributed by atoms with Gasteiger partial charge >= 0.3 is 0 Å². The highest BCUT2D eigenvalue weighted by atomic mass is 16.5. The van der Waals surface area contributed by atoms with E-state index in [1.54, 1.807) is 19.1 Å². The number of carbonyl (C=O) groups excluding carboxylic acids is 1. The lowest BCUT2D eigenvalue weighted by molar-refractivity contribution is 0.0929. The van der Waals surface area contributed by atoms with Gasteiger partial charge in [-0.25, -0.2) is 0 Å². The van der Waals surface area contributed by atoms with Crippen molar-refractivity contribution < 1.29 is 18.7 Å². The van der Waals surface area contributed by atoms with Crippen molar-refractivity contribution in [2.45, 2.75) is 32.7 Å². The van der Waals surface area contributed by atoms with Crippen LogP contribution in [0.4, 0.5) is 0 Å². The molecule has 0 bridgehead atoms. The van der Waals surface area contributed by atoms with Gasteiger partial charge in [0.2, 0.25) is 23.5 Å². The molecule has 2 aromatic heterocycles. The molecule has 2 heterocycles. The number of methoxy groups -OCH3 is 2. The SMILES string of the molecule is COc1ccc(C(=O)N[C@H](C)c2nnc(C(C)C)o2)c(OC)n1. The Balaban J connectivity index is 2.14. The third-order valence-corrected chi connectivity index (χ3v) is 3.15. The number of nitrogens with one attached hydrogen (secondary N) is 1. The van der Waals surface area contributed by atoms with Gasteiger partial charge in [0.05, 0.1) is 14.2 Å². The summed E-state index contributed by atoms with van der Waals surface area (Å²) in [5.41, 5.74) is 0.295. The van der Waals surface area contributed by atoms with Crippen LogP contribution in [0.1, 0.15) is 54.9 Å². The van der Waals surface area contributed by atoms with Crippen LogP contribution < -0.4 is 14.8 Å². The van der Waals surface area contributed by atoms with Gasteiger partial charge in [-0.05, 0) is 13.0 Å². The van der Waals surface area contributed by atoms with E-state index in [4.69, 9.17) is 13.9 Å². The summed E-state index contributed by atoms with van der Waals surface area (Å²) in [6, 6.07) is 2.74. The number of hydrogen-bond acceptors (Lipinski definition) is 7. The maximum absolute atomic E-state index is 12.4. The maximum atomic E-state index is 12.4. The van der Waals surface area contributed by atoms with E-state index in [9.17, 15) is 4.79 Å². The highest BCUT2D eigenvalue weighted by Crippen LogP contribution is 2.21. The lowest BCUT2D eigenvalue weighted by Gasteiger charge is -2.12. The second-order valence-electron chi connectivity index (χ2n) is 5.24. The van der Waals surface area contributed by atoms with Gasteiger partial charge in [0.15, 0.2) is 0 Å². The van der Waals surface area contributed by atoms with Gasteiger partial charge in [0, 0.05) is 12.0 Å². The predicted octanol–water partition coefficient (Wildman–Crippen LogP) is 2.10. The average Bonchev–Trinajstić information content (AvgIpc) is 3.04. The van der Waals surface area contributed by atoms with Crippen LogP contribution in [-0.2, 0) is 0 Å². The van der Waals surface area contributed by atoms with E-state index in [1.165, 1.54) is 14.2 Å². The average molecular weight is 320 g/mol. The van der Waals surface area contributed by atoms with Crippen molar-refractivity contribution in [2.75, 3.05) is 14.2 Å². The Morgan fingerprint density at radius 2 is 1.83 bits per heavy atom. The number of hydrogen-bond donors (Lipinski definition) is 1. The highest BCUT2D eigenvalue weighted by Gasteiger charge is 2.21. The monoisotopic (exact) mass is 320 g/mol. The van der Waals surface area contributed by atoms with Gasteiger partial charge in [-0.15, -0.1) is 10.2 Å². The molecule has 0 saturated heterocycles. The smallest absolute Gasteiger partial charge is 0.257 e. The summed E-state index contributed by atoms with van der Waals surface area (Å²) >= 11 is 0. The molecule has 2 aromatic rings. The van der Waals surface area contributed by atoms with Crippen molar-refractivity contribution >= 4 is 5.91 Å². The van der Waals surface area contributed by atoms with Crippen LogP contribution in [0, 0.1) is 0 Å². The molecule has 23 heavy (non-hydrogen) atoms. The highest BCUT2D eigenvalue weighted by molar-refractivity contribution is 5.96. The standard InChI is InChI=1S/C15H20N4O4/c1-8(2)13-18-19-14(23-13)9(3)16-12(20)10-6-7-11(21-4)17-15(10)22-5/h6-9H,1-5H3,(H,16,20)/t9-/m1/s1. The van der Waals surface area contributed by atoms with Crippen molar-refractivity contribution in [2.24, 2.45) is 0 Å². The van der Waals surface area contributed by atoms with Gasteiger partial charge in [-0.1, -0.05) is 13.8 Å². The summed E-state index contributed by atoms with van der Waals surface area (Å²) < 4.78 is 15.7. The fraction of sp³-hybridized carbons (Fsp3) is 0.467. The molecule has 1 atom stereocenters. The van der Waals surface area contributed by atoms with Crippen molar-refractivity contribution in [1.82, 2.24) is 20.5 Å². The second-order valence-corrected chi connectivity index (χ2v) is 5.24. The zero-order valence-electron chi connectivity index (χ0n) is 13.8. The van der Waals surface area contributed by atoms with Crippen molar-refractivity contribution in [3.8, 4) is 11.8 Å². The molecular weight excluding hydrogens is 300 g/mol. The first-order valence-electron chi connectivity index (χ1n) is 7.19. The molecule has 1 N–H and O–H groups in total. The first kappa shape index (κ1) is 16.7. The van der Waals surface area contributed by atoms with Crippen molar-refractivity contribution in [1.29, 1.82) is 0 Å². The Kier molecular flexibility index (Phi) is 5.15. The molecule has 0 aromatic carbocycles. The number of amides is 1. The van der Waals surface area contributed by atoms with E-state index in [1.807, 2.05) is 13.8 Å². The van der Waals surface area contributed by atoms with E-state index in [2.05, 4.69) is 20.5 Å². The van der Waals surface area contributed by atoms with Crippen LogP contribution >= 0.6 is 0 Å². The van der Waals surface area contributed by atoms with E-state index >= 15 is 0 Å². The molecule has 124 valence electrons. The van der Waals surface area contributed by atoms with Gasteiger partial charge in [0.25, 0.3) is 5.91 Å². The van der Waals surface area contributed by atoms with E-state index in [-0.39, 0.29) is 17.7 Å². The molecule has 0 aliphatic rings. The normalized spacial score (nSPS) is 12.1. The first-order chi connectivity index (χ1) is 11.0. The summed E-state index contributed by atoms with van der Waals surface area (Å²) in [6.07, 6.45) is 0. The second kappa shape index (κ2) is 7.08. The van der Waals surface area contributed by atoms with Gasteiger partial charge in [-0.3, -0.25) is 4.79 Å². The Hall–Kier alpha value is -2.64. The number of pyridine rings is 1. The van der Waals surface area contributed by atoms with Crippen LogP contribution in [-0.4, -0.2) is 35.3 Å². The third kappa shape index (κ3) is 3.77. The Morgan fingerprint density at radius 3 is 2.39 bits per heavy atom. The molecule has 0 saturated carbocycles. The fourth-order valence-electron chi connectivity index (χ4n) is 1.86. The summed E-state index contributed by atoms with van der Waals surface area (Å²) in [4.78, 5) is 16.5. The van der Waals surface area contributed by atoms with E-state index in [0.717, 1.165) is 0 Å². The molecule has 0 aliphatic carbocycles. The lowest BCUT2D eigenvalue weighted by atomic mass is 10.2. The minimum Gasteiger partial charge on any atom is -0.481 e. The van der Waals surface area contributed by atoms with E-state index in [0.29, 0.717) is 23.2 Å². The van der Waals surface area contributed by atoms with Gasteiger partial charge in [-0.2, -0.15) is 4.98 Å². The van der Waals surface area contributed by atoms with Crippen molar-refractivity contribution in [3.63, 3.8) is 0 Å². The number of carbonyl (C=O) groups is 1. The van der Waals surface area contributed by atoms with Crippen LogP contribution in [0.15, 0.2) is 16.5 Å². The van der Waals surface area contributed by atoms with Crippen LogP contribution in [0.5, 0.6) is 11.8 Å². The zero-order valence-corrected chi connectivity index (χ0v) is 13.8. The van der Waals surface area contributed by atoms with Gasteiger partial charge < -0.3 is 19.2 Å². The molecule has 0 radical (unpaired) electrons. The molecule has 0 aliphatic heterocycles. The number of nitrogens with zero attached hydrogens (tertiary/aromatic N) is 3. The largest absolute Gasteiger partial charge is 0.481 e. The minimum atomic E-state index is -0.436. The maximum Gasteiger partial charge on any atom is 0.257 e. The molecule has 8 heteroatoms. The molecule has 8 nitrogen and oxygen atoms in total. The minimum absolute atomic E-state index is 0.130. The number of aromatic nitrogens is 3. The molecule has 0 fully saturated rings. The predicted molar refractivity (Wildman–Crippen MR) is 81.6 cm³/mol. The Morgan fingerprint density at radius 1 is 1.13 bits per heavy atom. The molecule has 0 unspecified atom stereocenters. The summed E-state index contributed by atoms with van der Waals surface area (Å²) in [5, 5.41) is 10.7. The lowest BCUT2D eigenvalue weighted by Crippen LogP contribution is -2.27. The van der Waals surface area contributed by atoms with Crippen LogP contribution in [0.25, 0.3) is 0 Å². The van der Waals surface area contributed by atoms with Crippen molar-refractivity contribution in [3.05, 3.63) is 29.5 Å². The summed E-state index contributed by atoms with van der Waals surface area (Å²) in [7, 11) is 2.93. The molecule has 2 rings (SSSR count). The van der Waals surface area contributed by atoms with Crippen LogP contribution in [0.2, 0.25) is 0 Å². The zero-order chi connectivity index (χ0) is 17.0. The number of ether oxygens (including phenoxy) is 2. The van der Waals surface area contributed by atoms with E-state index < -0.39 is 6.04 Å². The molecule has 0 spiro atoms. The Bertz CT molecular complexity index is 684. The molecule has 1 amide bonds. The third-order valence-electron chi connectivity index (χ3n) is 3.15. The quantitative estimate of drug-likeness (QED) is 0.870. The topological polar surface area (TPSA) is 99.4 Å². The first-order valence-corrected chi connectivity index (χ1v) is 7.19. The molecular formula is C15H20N4O4. The Labute approximate surface area is 134 Å². The summed E-state index contributed by atoms with van der Waals surface area (Å²) in [6.45, 7) is 5.67. The number of rotatable bonds is 6.